The van der Waals surface area contributed by atoms with Gasteiger partial charge in [-0.1, -0.05) is 0 Å². The monoisotopic (exact) mass is 315 g/mol. The van der Waals surface area contributed by atoms with Crippen molar-refractivity contribution in [2.45, 2.75) is 38.5 Å². The Balaban J connectivity index is 1.43. The maximum atomic E-state index is 12.8. The molecule has 6 heteroatoms. The summed E-state index contributed by atoms with van der Waals surface area (Å²) in [6.07, 6.45) is 9.56. The number of esters is 1. The maximum absolute atomic E-state index is 12.8. The summed E-state index contributed by atoms with van der Waals surface area (Å²) < 4.78 is 5.19. The van der Waals surface area contributed by atoms with E-state index in [0.717, 1.165) is 19.3 Å². The predicted molar refractivity (Wildman–Crippen MR) is 82.3 cm³/mol. The van der Waals surface area contributed by atoms with Crippen LogP contribution in [0.1, 0.15) is 49.0 Å². The van der Waals surface area contributed by atoms with Crippen LogP contribution in [0.3, 0.4) is 0 Å². The van der Waals surface area contributed by atoms with Crippen molar-refractivity contribution in [2.24, 2.45) is 23.2 Å². The number of nitrogens with zero attached hydrogens (tertiary/aromatic N) is 2. The molecule has 0 spiro atoms. The Morgan fingerprint density at radius 3 is 2.22 bits per heavy atom. The summed E-state index contributed by atoms with van der Waals surface area (Å²) in [5.74, 6) is 1.51. The first-order chi connectivity index (χ1) is 11.1. The van der Waals surface area contributed by atoms with Crippen LogP contribution in [0.15, 0.2) is 12.4 Å². The van der Waals surface area contributed by atoms with Crippen molar-refractivity contribution in [3.63, 3.8) is 0 Å². The first-order valence-electron chi connectivity index (χ1n) is 8.33. The third-order valence-electron chi connectivity index (χ3n) is 5.88. The molecule has 4 aliphatic carbocycles. The molecule has 1 heterocycles. The fourth-order valence-electron chi connectivity index (χ4n) is 5.31. The molecular formula is C17H21N3O3. The number of carbonyl (C=O) groups excluding carboxylic acids is 2. The number of ketones is 1. The van der Waals surface area contributed by atoms with E-state index in [2.05, 4.69) is 9.97 Å². The third kappa shape index (κ3) is 2.50. The van der Waals surface area contributed by atoms with E-state index in [-0.39, 0.29) is 29.3 Å². The van der Waals surface area contributed by atoms with Gasteiger partial charge in [-0.25, -0.2) is 14.8 Å². The summed E-state index contributed by atoms with van der Waals surface area (Å²) in [4.78, 5) is 32.5. The van der Waals surface area contributed by atoms with Crippen LogP contribution in [0.25, 0.3) is 0 Å². The van der Waals surface area contributed by atoms with E-state index in [9.17, 15) is 9.59 Å². The van der Waals surface area contributed by atoms with E-state index in [1.165, 1.54) is 31.7 Å². The van der Waals surface area contributed by atoms with E-state index < -0.39 is 5.97 Å². The average Bonchev–Trinajstić information content (AvgIpc) is 2.51. The van der Waals surface area contributed by atoms with Crippen molar-refractivity contribution < 1.29 is 14.3 Å². The van der Waals surface area contributed by atoms with Gasteiger partial charge in [0.2, 0.25) is 0 Å². The number of Topliss-reactive ketones (excluding diaryl/α,β-unsaturated/α-hetero) is 1. The van der Waals surface area contributed by atoms with Gasteiger partial charge in [0.1, 0.15) is 0 Å². The number of carbonyl (C=O) groups is 2. The Labute approximate surface area is 134 Å². The van der Waals surface area contributed by atoms with E-state index in [0.29, 0.717) is 17.8 Å². The highest BCUT2D eigenvalue weighted by Crippen LogP contribution is 2.60. The number of anilines is 1. The third-order valence-corrected chi connectivity index (χ3v) is 5.88. The Morgan fingerprint density at radius 1 is 1.09 bits per heavy atom. The summed E-state index contributed by atoms with van der Waals surface area (Å²) in [5, 5.41) is 0. The Bertz CT molecular complexity index is 623. The molecule has 0 saturated heterocycles. The molecule has 1 aromatic heterocycles. The lowest BCUT2D eigenvalue weighted by atomic mass is 9.48. The molecule has 4 aliphatic rings. The van der Waals surface area contributed by atoms with E-state index >= 15 is 0 Å². The minimum absolute atomic E-state index is 0.0224. The zero-order valence-corrected chi connectivity index (χ0v) is 13.0. The molecule has 4 saturated carbocycles. The molecule has 122 valence electrons. The Morgan fingerprint density at radius 2 is 1.65 bits per heavy atom. The maximum Gasteiger partial charge on any atom is 0.361 e. The lowest BCUT2D eigenvalue weighted by Gasteiger charge is -2.55. The highest BCUT2D eigenvalue weighted by Gasteiger charge is 2.54. The van der Waals surface area contributed by atoms with Crippen LogP contribution in [-0.2, 0) is 9.53 Å². The normalized spacial score (nSPS) is 34.3. The van der Waals surface area contributed by atoms with Crippen LogP contribution in [0.4, 0.5) is 5.82 Å². The molecule has 0 radical (unpaired) electrons. The fraction of sp³-hybridized carbons (Fsp3) is 0.647. The van der Waals surface area contributed by atoms with Gasteiger partial charge in [-0.3, -0.25) is 4.79 Å². The standard InChI is InChI=1S/C17H21N3O3/c18-15-14(19-1-2-20-15)16(22)23-9-13(21)17-6-10-3-11(7-17)5-12(4-10)8-17/h1-2,10-12H,3-9H2,(H2,18,20). The highest BCUT2D eigenvalue weighted by molar-refractivity contribution is 5.94. The second kappa shape index (κ2) is 5.28. The number of ether oxygens (including phenoxy) is 1. The first kappa shape index (κ1) is 14.6. The largest absolute Gasteiger partial charge is 0.453 e. The van der Waals surface area contributed by atoms with Crippen molar-refractivity contribution in [1.82, 2.24) is 9.97 Å². The molecule has 5 rings (SSSR count). The molecule has 0 aromatic carbocycles. The molecule has 0 atom stereocenters. The molecule has 0 aliphatic heterocycles. The zero-order chi connectivity index (χ0) is 16.0. The minimum atomic E-state index is -0.673. The number of aromatic nitrogens is 2. The lowest BCUT2D eigenvalue weighted by molar-refractivity contribution is -0.147. The molecule has 4 bridgehead atoms. The van der Waals surface area contributed by atoms with Crippen LogP contribution in [-0.4, -0.2) is 28.3 Å². The fourth-order valence-corrected chi connectivity index (χ4v) is 5.31. The molecule has 6 nitrogen and oxygen atoms in total. The summed E-state index contributed by atoms with van der Waals surface area (Å²) >= 11 is 0. The second-order valence-electron chi connectivity index (χ2n) is 7.49. The van der Waals surface area contributed by atoms with Crippen molar-refractivity contribution in [3.8, 4) is 0 Å². The number of hydrogen-bond acceptors (Lipinski definition) is 6. The predicted octanol–water partition coefficient (Wildman–Crippen LogP) is 2.00. The van der Waals surface area contributed by atoms with Gasteiger partial charge in [0.05, 0.1) is 0 Å². The van der Waals surface area contributed by atoms with Crippen LogP contribution in [0.5, 0.6) is 0 Å². The number of nitrogen functional groups attached to an aromatic ring is 1. The number of hydrogen-bond donors (Lipinski definition) is 1. The molecule has 0 amide bonds. The van der Waals surface area contributed by atoms with Crippen molar-refractivity contribution in [1.29, 1.82) is 0 Å². The molecular weight excluding hydrogens is 294 g/mol. The topological polar surface area (TPSA) is 95.2 Å². The summed E-state index contributed by atoms with van der Waals surface area (Å²) in [6, 6.07) is 0. The molecule has 0 unspecified atom stereocenters. The SMILES string of the molecule is Nc1nccnc1C(=O)OCC(=O)C12CC3CC(CC(C3)C1)C2. The van der Waals surface area contributed by atoms with Crippen molar-refractivity contribution in [2.75, 3.05) is 12.3 Å². The Hall–Kier alpha value is -1.98. The highest BCUT2D eigenvalue weighted by atomic mass is 16.5. The molecule has 1 aromatic rings. The van der Waals surface area contributed by atoms with Crippen LogP contribution in [0.2, 0.25) is 0 Å². The smallest absolute Gasteiger partial charge is 0.361 e. The van der Waals surface area contributed by atoms with Gasteiger partial charge in [0.25, 0.3) is 0 Å². The number of rotatable bonds is 4. The van der Waals surface area contributed by atoms with Crippen LogP contribution in [0, 0.1) is 23.2 Å². The van der Waals surface area contributed by atoms with Gasteiger partial charge < -0.3 is 10.5 Å². The number of nitrogens with two attached hydrogens (primary N) is 1. The van der Waals surface area contributed by atoms with Gasteiger partial charge in [0, 0.05) is 17.8 Å². The van der Waals surface area contributed by atoms with Gasteiger partial charge in [-0.15, -0.1) is 0 Å². The zero-order valence-electron chi connectivity index (χ0n) is 13.0. The minimum Gasteiger partial charge on any atom is -0.453 e. The summed E-state index contributed by atoms with van der Waals surface area (Å²) in [5.41, 5.74) is 5.35. The quantitative estimate of drug-likeness (QED) is 0.854. The lowest BCUT2D eigenvalue weighted by Crippen LogP contribution is -2.51. The molecule has 4 fully saturated rings. The second-order valence-corrected chi connectivity index (χ2v) is 7.49. The van der Waals surface area contributed by atoms with E-state index in [1.54, 1.807) is 0 Å². The molecule has 2 N–H and O–H groups in total. The van der Waals surface area contributed by atoms with Crippen LogP contribution >= 0.6 is 0 Å². The first-order valence-corrected chi connectivity index (χ1v) is 8.33. The summed E-state index contributed by atoms with van der Waals surface area (Å²) in [6.45, 7) is -0.180. The van der Waals surface area contributed by atoms with Gasteiger partial charge in [-0.2, -0.15) is 0 Å². The van der Waals surface area contributed by atoms with Crippen molar-refractivity contribution in [3.05, 3.63) is 18.1 Å². The Kier molecular flexibility index (Phi) is 3.36. The molecule has 23 heavy (non-hydrogen) atoms. The van der Waals surface area contributed by atoms with Gasteiger partial charge in [0.15, 0.2) is 23.9 Å². The van der Waals surface area contributed by atoms with Gasteiger partial charge in [-0.05, 0) is 56.3 Å². The summed E-state index contributed by atoms with van der Waals surface area (Å²) in [7, 11) is 0. The van der Waals surface area contributed by atoms with E-state index in [1.807, 2.05) is 0 Å². The van der Waals surface area contributed by atoms with Gasteiger partial charge >= 0.3 is 5.97 Å². The van der Waals surface area contributed by atoms with Crippen LogP contribution < -0.4 is 5.73 Å². The van der Waals surface area contributed by atoms with E-state index in [4.69, 9.17) is 10.5 Å². The average molecular weight is 315 g/mol. The van der Waals surface area contributed by atoms with Crippen molar-refractivity contribution >= 4 is 17.6 Å².